The monoisotopic (exact) mass is 283 g/mol. The second kappa shape index (κ2) is 6.27. The lowest BCUT2D eigenvalue weighted by Crippen LogP contribution is -2.45. The van der Waals surface area contributed by atoms with E-state index in [1.165, 1.54) is 16.3 Å². The SMILES string of the molecule is O=C(O)C1CCCCN1CCc1ccc2ccccc2c1. The van der Waals surface area contributed by atoms with Gasteiger partial charge in [0.1, 0.15) is 6.04 Å². The first-order chi connectivity index (χ1) is 10.2. The lowest BCUT2D eigenvalue weighted by Gasteiger charge is -2.32. The average Bonchev–Trinajstić information content (AvgIpc) is 2.53. The Morgan fingerprint density at radius 3 is 2.76 bits per heavy atom. The molecular weight excluding hydrogens is 262 g/mol. The lowest BCUT2D eigenvalue weighted by molar-refractivity contribution is -0.144. The molecule has 2 aromatic rings. The number of rotatable bonds is 4. The molecule has 0 aromatic heterocycles. The number of carbonyl (C=O) groups is 1. The van der Waals surface area contributed by atoms with E-state index < -0.39 is 5.97 Å². The first-order valence-corrected chi connectivity index (χ1v) is 7.68. The molecule has 0 radical (unpaired) electrons. The van der Waals surface area contributed by atoms with Crippen molar-refractivity contribution in [2.75, 3.05) is 13.1 Å². The highest BCUT2D eigenvalue weighted by Gasteiger charge is 2.27. The van der Waals surface area contributed by atoms with E-state index in [1.807, 2.05) is 6.07 Å². The lowest BCUT2D eigenvalue weighted by atomic mass is 10.0. The number of piperidine rings is 1. The van der Waals surface area contributed by atoms with Crippen molar-refractivity contribution in [3.63, 3.8) is 0 Å². The van der Waals surface area contributed by atoms with Crippen molar-refractivity contribution in [3.05, 3.63) is 48.0 Å². The van der Waals surface area contributed by atoms with Crippen LogP contribution in [-0.4, -0.2) is 35.1 Å². The van der Waals surface area contributed by atoms with Crippen molar-refractivity contribution < 1.29 is 9.90 Å². The van der Waals surface area contributed by atoms with E-state index in [1.54, 1.807) is 0 Å². The molecule has 0 amide bonds. The summed E-state index contributed by atoms with van der Waals surface area (Å²) in [6, 6.07) is 14.6. The molecule has 3 heteroatoms. The van der Waals surface area contributed by atoms with Gasteiger partial charge in [0.15, 0.2) is 0 Å². The number of fused-ring (bicyclic) bond motifs is 1. The van der Waals surface area contributed by atoms with Gasteiger partial charge in [-0.05, 0) is 42.1 Å². The smallest absolute Gasteiger partial charge is 0.320 e. The number of benzene rings is 2. The van der Waals surface area contributed by atoms with E-state index in [9.17, 15) is 9.90 Å². The summed E-state index contributed by atoms with van der Waals surface area (Å²) in [5.74, 6) is -0.673. The van der Waals surface area contributed by atoms with Crippen molar-refractivity contribution in [1.82, 2.24) is 4.90 Å². The van der Waals surface area contributed by atoms with Crippen LogP contribution >= 0.6 is 0 Å². The summed E-state index contributed by atoms with van der Waals surface area (Å²) in [7, 11) is 0. The van der Waals surface area contributed by atoms with Crippen LogP contribution in [0.5, 0.6) is 0 Å². The van der Waals surface area contributed by atoms with E-state index in [0.717, 1.165) is 38.8 Å². The Morgan fingerprint density at radius 2 is 1.95 bits per heavy atom. The molecule has 1 atom stereocenters. The number of carboxylic acids is 1. The van der Waals surface area contributed by atoms with Gasteiger partial charge in [-0.25, -0.2) is 0 Å². The molecule has 2 aromatic carbocycles. The van der Waals surface area contributed by atoms with Crippen LogP contribution in [-0.2, 0) is 11.2 Å². The van der Waals surface area contributed by atoms with Crippen LogP contribution in [0.15, 0.2) is 42.5 Å². The second-order valence-electron chi connectivity index (χ2n) is 5.82. The number of nitrogens with zero attached hydrogens (tertiary/aromatic N) is 1. The summed E-state index contributed by atoms with van der Waals surface area (Å²) < 4.78 is 0. The van der Waals surface area contributed by atoms with Crippen LogP contribution in [0.2, 0.25) is 0 Å². The van der Waals surface area contributed by atoms with E-state index in [2.05, 4.69) is 41.3 Å². The summed E-state index contributed by atoms with van der Waals surface area (Å²) in [4.78, 5) is 13.4. The van der Waals surface area contributed by atoms with Crippen molar-refractivity contribution in [1.29, 1.82) is 0 Å². The minimum absolute atomic E-state index is 0.292. The largest absolute Gasteiger partial charge is 0.480 e. The van der Waals surface area contributed by atoms with E-state index in [-0.39, 0.29) is 6.04 Å². The predicted molar refractivity (Wildman–Crippen MR) is 84.5 cm³/mol. The van der Waals surface area contributed by atoms with Crippen LogP contribution in [0, 0.1) is 0 Å². The summed E-state index contributed by atoms with van der Waals surface area (Å²) in [6.07, 6.45) is 3.84. The Labute approximate surface area is 125 Å². The van der Waals surface area contributed by atoms with Gasteiger partial charge in [-0.2, -0.15) is 0 Å². The molecule has 1 saturated heterocycles. The van der Waals surface area contributed by atoms with Crippen LogP contribution in [0.1, 0.15) is 24.8 Å². The Morgan fingerprint density at radius 1 is 1.14 bits per heavy atom. The van der Waals surface area contributed by atoms with Crippen LogP contribution in [0.4, 0.5) is 0 Å². The van der Waals surface area contributed by atoms with Crippen molar-refractivity contribution in [2.24, 2.45) is 0 Å². The summed E-state index contributed by atoms with van der Waals surface area (Å²) in [5, 5.41) is 11.8. The van der Waals surface area contributed by atoms with E-state index in [4.69, 9.17) is 0 Å². The molecule has 1 fully saturated rings. The summed E-state index contributed by atoms with van der Waals surface area (Å²) >= 11 is 0. The molecule has 3 nitrogen and oxygen atoms in total. The molecule has 1 N–H and O–H groups in total. The topological polar surface area (TPSA) is 40.5 Å². The third-order valence-electron chi connectivity index (χ3n) is 4.40. The molecule has 1 aliphatic heterocycles. The Balaban J connectivity index is 1.69. The highest BCUT2D eigenvalue weighted by atomic mass is 16.4. The third kappa shape index (κ3) is 3.24. The van der Waals surface area contributed by atoms with Crippen molar-refractivity contribution in [3.8, 4) is 0 Å². The molecule has 0 saturated carbocycles. The van der Waals surface area contributed by atoms with Gasteiger partial charge >= 0.3 is 5.97 Å². The molecule has 110 valence electrons. The number of aliphatic carboxylic acids is 1. The number of carboxylic acid groups (broad SMARTS) is 1. The highest BCUT2D eigenvalue weighted by molar-refractivity contribution is 5.83. The highest BCUT2D eigenvalue weighted by Crippen LogP contribution is 2.19. The van der Waals surface area contributed by atoms with Gasteiger partial charge in [0, 0.05) is 6.54 Å². The molecule has 21 heavy (non-hydrogen) atoms. The molecule has 1 heterocycles. The van der Waals surface area contributed by atoms with E-state index >= 15 is 0 Å². The fraction of sp³-hybridized carbons (Fsp3) is 0.389. The standard InChI is InChI=1S/C18H21NO2/c20-18(21)17-7-3-4-11-19(17)12-10-14-8-9-15-5-1-2-6-16(15)13-14/h1-2,5-6,8-9,13,17H,3-4,7,10-12H2,(H,20,21). The maximum absolute atomic E-state index is 11.3. The number of likely N-dealkylation sites (tertiary alicyclic amines) is 1. The Hall–Kier alpha value is -1.87. The molecule has 0 spiro atoms. The zero-order valence-electron chi connectivity index (χ0n) is 12.2. The fourth-order valence-corrected chi connectivity index (χ4v) is 3.21. The van der Waals surface area contributed by atoms with Gasteiger partial charge < -0.3 is 5.11 Å². The maximum atomic E-state index is 11.3. The molecule has 1 aliphatic rings. The van der Waals surface area contributed by atoms with Crippen LogP contribution in [0.25, 0.3) is 10.8 Å². The van der Waals surface area contributed by atoms with Gasteiger partial charge in [0.25, 0.3) is 0 Å². The third-order valence-corrected chi connectivity index (χ3v) is 4.40. The zero-order chi connectivity index (χ0) is 14.7. The fourth-order valence-electron chi connectivity index (χ4n) is 3.21. The number of hydrogen-bond donors (Lipinski definition) is 1. The average molecular weight is 283 g/mol. The molecule has 3 rings (SSSR count). The second-order valence-corrected chi connectivity index (χ2v) is 5.82. The predicted octanol–water partition coefficient (Wildman–Crippen LogP) is 3.32. The maximum Gasteiger partial charge on any atom is 0.320 e. The van der Waals surface area contributed by atoms with Crippen molar-refractivity contribution >= 4 is 16.7 Å². The van der Waals surface area contributed by atoms with Gasteiger partial charge in [-0.1, -0.05) is 48.9 Å². The Kier molecular flexibility index (Phi) is 4.20. The summed E-state index contributed by atoms with van der Waals surface area (Å²) in [5.41, 5.74) is 1.28. The first-order valence-electron chi connectivity index (χ1n) is 7.68. The molecule has 1 unspecified atom stereocenters. The first kappa shape index (κ1) is 14.1. The molecular formula is C18H21NO2. The minimum Gasteiger partial charge on any atom is -0.480 e. The van der Waals surface area contributed by atoms with Gasteiger partial charge in [0.05, 0.1) is 0 Å². The van der Waals surface area contributed by atoms with Crippen molar-refractivity contribution in [2.45, 2.75) is 31.7 Å². The number of hydrogen-bond acceptors (Lipinski definition) is 2. The summed E-state index contributed by atoms with van der Waals surface area (Å²) in [6.45, 7) is 1.74. The minimum atomic E-state index is -0.673. The normalized spacial score (nSPS) is 19.7. The van der Waals surface area contributed by atoms with Gasteiger partial charge in [-0.3, -0.25) is 9.69 Å². The van der Waals surface area contributed by atoms with Gasteiger partial charge in [0.2, 0.25) is 0 Å². The molecule has 0 bridgehead atoms. The Bertz CT molecular complexity index is 638. The van der Waals surface area contributed by atoms with Crippen LogP contribution < -0.4 is 0 Å². The molecule has 0 aliphatic carbocycles. The van der Waals surface area contributed by atoms with Crippen LogP contribution in [0.3, 0.4) is 0 Å². The van der Waals surface area contributed by atoms with Gasteiger partial charge in [-0.15, -0.1) is 0 Å². The quantitative estimate of drug-likeness (QED) is 0.935. The van der Waals surface area contributed by atoms with E-state index in [0.29, 0.717) is 0 Å². The zero-order valence-corrected chi connectivity index (χ0v) is 12.2.